The molecule has 2 amide bonds. The molecule has 33 heavy (non-hydrogen) atoms. The molecule has 1 unspecified atom stereocenters. The molecule has 1 atom stereocenters. The number of fused-ring (bicyclic) bond motifs is 1. The van der Waals surface area contributed by atoms with Crippen LogP contribution in [0.4, 0.5) is 28.4 Å². The summed E-state index contributed by atoms with van der Waals surface area (Å²) in [5.41, 5.74) is 3.17. The zero-order valence-electron chi connectivity index (χ0n) is 16.5. The molecule has 1 saturated heterocycles. The van der Waals surface area contributed by atoms with Gasteiger partial charge < -0.3 is 20.2 Å². The van der Waals surface area contributed by atoms with Crippen LogP contribution < -0.4 is 16.2 Å². The van der Waals surface area contributed by atoms with Gasteiger partial charge in [0.05, 0.1) is 12.1 Å². The summed E-state index contributed by atoms with van der Waals surface area (Å²) >= 11 is 0. The highest BCUT2D eigenvalue weighted by atomic mass is 19.4. The average molecular weight is 461 g/mol. The van der Waals surface area contributed by atoms with Crippen molar-refractivity contribution in [2.24, 2.45) is 5.73 Å². The molecule has 2 heterocycles. The zero-order chi connectivity index (χ0) is 23.9. The monoisotopic (exact) mass is 461 g/mol. The van der Waals surface area contributed by atoms with Crippen LogP contribution in [0, 0.1) is 0 Å². The first-order chi connectivity index (χ1) is 15.5. The number of rotatable bonds is 3. The molecule has 1 fully saturated rings. The number of amides is 2. The van der Waals surface area contributed by atoms with Crippen LogP contribution in [0.15, 0.2) is 53.3 Å². The third-order valence-electron chi connectivity index (χ3n) is 4.94. The third-order valence-corrected chi connectivity index (χ3v) is 4.94. The lowest BCUT2D eigenvalue weighted by atomic mass is 10.0. The van der Waals surface area contributed by atoms with Crippen molar-refractivity contribution in [2.75, 3.05) is 11.4 Å². The van der Waals surface area contributed by atoms with Gasteiger partial charge in [-0.3, -0.25) is 9.69 Å². The Morgan fingerprint density at radius 1 is 1.12 bits per heavy atom. The number of cyclic esters (lactones) is 1. The van der Waals surface area contributed by atoms with Crippen molar-refractivity contribution in [3.8, 4) is 11.3 Å². The van der Waals surface area contributed by atoms with E-state index in [9.17, 15) is 32.3 Å². The SMILES string of the molecule is NC(=O)OC(=O)C1CN(c2ccc3cc(-c4ccccc4C(F)(F)F)[nH]c(=O)c3c2)C(=O)O1. The van der Waals surface area contributed by atoms with E-state index in [0.29, 0.717) is 5.39 Å². The number of ether oxygens (including phenoxy) is 2. The number of alkyl halides is 3. The Labute approximate surface area is 182 Å². The van der Waals surface area contributed by atoms with Gasteiger partial charge in [-0.05, 0) is 29.7 Å². The second kappa shape index (κ2) is 7.97. The second-order valence-corrected chi connectivity index (χ2v) is 7.05. The minimum atomic E-state index is -4.62. The van der Waals surface area contributed by atoms with Crippen molar-refractivity contribution < 1.29 is 37.0 Å². The lowest BCUT2D eigenvalue weighted by molar-refractivity contribution is -0.144. The molecule has 0 saturated carbocycles. The summed E-state index contributed by atoms with van der Waals surface area (Å²) in [4.78, 5) is 50.8. The summed E-state index contributed by atoms with van der Waals surface area (Å²) in [6.07, 6.45) is -8.29. The van der Waals surface area contributed by atoms with E-state index >= 15 is 0 Å². The van der Waals surface area contributed by atoms with E-state index < -0.39 is 41.6 Å². The van der Waals surface area contributed by atoms with Gasteiger partial charge in [-0.1, -0.05) is 24.3 Å². The maximum Gasteiger partial charge on any atom is 0.417 e. The summed E-state index contributed by atoms with van der Waals surface area (Å²) in [5.74, 6) is -1.15. The molecule has 9 nitrogen and oxygen atoms in total. The van der Waals surface area contributed by atoms with Crippen LogP contribution >= 0.6 is 0 Å². The highest BCUT2D eigenvalue weighted by Crippen LogP contribution is 2.36. The quantitative estimate of drug-likeness (QED) is 0.455. The zero-order valence-corrected chi connectivity index (χ0v) is 16.5. The standard InChI is InChI=1S/C21H14F3N3O6/c22-21(23,24)14-4-2-1-3-12(14)15-7-10-5-6-11(8-13(10)17(28)26-15)27-9-16(32-20(27)31)18(29)33-19(25)30/h1-8,16H,9H2,(H2,25,30)(H,26,28). The molecule has 0 radical (unpaired) electrons. The molecule has 1 aromatic heterocycles. The summed E-state index contributed by atoms with van der Waals surface area (Å²) in [5, 5.41) is 0.420. The van der Waals surface area contributed by atoms with Crippen molar-refractivity contribution in [1.29, 1.82) is 0 Å². The van der Waals surface area contributed by atoms with Gasteiger partial charge in [-0.15, -0.1) is 0 Å². The minimum absolute atomic E-state index is 0.0250. The van der Waals surface area contributed by atoms with Gasteiger partial charge in [-0.2, -0.15) is 13.2 Å². The predicted octanol–water partition coefficient (Wildman–Crippen LogP) is 3.16. The summed E-state index contributed by atoms with van der Waals surface area (Å²) in [6, 6.07) is 10.4. The minimum Gasteiger partial charge on any atom is -0.432 e. The van der Waals surface area contributed by atoms with Crippen LogP contribution in [0.3, 0.4) is 0 Å². The average Bonchev–Trinajstić information content (AvgIpc) is 3.14. The largest absolute Gasteiger partial charge is 0.432 e. The molecule has 3 aromatic rings. The van der Waals surface area contributed by atoms with Crippen LogP contribution in [0.25, 0.3) is 22.0 Å². The fourth-order valence-electron chi connectivity index (χ4n) is 3.49. The molecule has 170 valence electrons. The number of hydrogen-bond donors (Lipinski definition) is 2. The Bertz CT molecular complexity index is 1350. The van der Waals surface area contributed by atoms with Crippen molar-refractivity contribution in [3.63, 3.8) is 0 Å². The Morgan fingerprint density at radius 3 is 2.55 bits per heavy atom. The predicted molar refractivity (Wildman–Crippen MR) is 108 cm³/mol. The maximum atomic E-state index is 13.4. The summed E-state index contributed by atoms with van der Waals surface area (Å²) in [7, 11) is 0. The molecule has 3 N–H and O–H groups in total. The fourth-order valence-corrected chi connectivity index (χ4v) is 3.49. The highest BCUT2D eigenvalue weighted by Gasteiger charge is 2.39. The molecule has 0 bridgehead atoms. The Kier molecular flexibility index (Phi) is 5.28. The molecule has 4 rings (SSSR count). The normalized spacial score (nSPS) is 16.0. The van der Waals surface area contributed by atoms with E-state index in [4.69, 9.17) is 10.5 Å². The topological polar surface area (TPSA) is 132 Å². The van der Waals surface area contributed by atoms with E-state index in [-0.39, 0.29) is 28.9 Å². The first kappa shape index (κ1) is 21.9. The van der Waals surface area contributed by atoms with Crippen LogP contribution in [-0.2, 0) is 20.4 Å². The number of nitrogens with two attached hydrogens (primary N) is 1. The van der Waals surface area contributed by atoms with Crippen LogP contribution in [-0.4, -0.2) is 35.8 Å². The van der Waals surface area contributed by atoms with Crippen LogP contribution in [0.2, 0.25) is 0 Å². The Morgan fingerprint density at radius 2 is 1.85 bits per heavy atom. The number of hydrogen-bond acceptors (Lipinski definition) is 6. The number of aromatic nitrogens is 1. The molecule has 2 aromatic carbocycles. The first-order valence-electron chi connectivity index (χ1n) is 9.37. The molecule has 1 aliphatic heterocycles. The molecular formula is C21H14F3N3O6. The number of anilines is 1. The maximum absolute atomic E-state index is 13.4. The molecule has 0 aliphatic carbocycles. The molecular weight excluding hydrogens is 447 g/mol. The van der Waals surface area contributed by atoms with Gasteiger partial charge in [0.1, 0.15) is 0 Å². The number of H-pyrrole nitrogens is 1. The van der Waals surface area contributed by atoms with E-state index in [2.05, 4.69) is 9.72 Å². The number of nitrogens with zero attached hydrogens (tertiary/aromatic N) is 1. The summed E-state index contributed by atoms with van der Waals surface area (Å²) < 4.78 is 49.2. The second-order valence-electron chi connectivity index (χ2n) is 7.05. The van der Waals surface area contributed by atoms with Gasteiger partial charge in [-0.25, -0.2) is 14.4 Å². The van der Waals surface area contributed by atoms with Crippen LogP contribution in [0.1, 0.15) is 5.56 Å². The van der Waals surface area contributed by atoms with E-state index in [1.54, 1.807) is 0 Å². The number of benzene rings is 2. The van der Waals surface area contributed by atoms with Gasteiger partial charge in [0, 0.05) is 22.3 Å². The number of carbonyl (C=O) groups is 3. The number of pyridine rings is 1. The number of esters is 1. The smallest absolute Gasteiger partial charge is 0.417 e. The van der Waals surface area contributed by atoms with Crippen molar-refractivity contribution in [3.05, 3.63) is 64.4 Å². The highest BCUT2D eigenvalue weighted by molar-refractivity contribution is 5.98. The third kappa shape index (κ3) is 4.22. The number of primary amides is 1. The van der Waals surface area contributed by atoms with Gasteiger partial charge >= 0.3 is 24.3 Å². The van der Waals surface area contributed by atoms with Crippen molar-refractivity contribution in [2.45, 2.75) is 12.3 Å². The van der Waals surface area contributed by atoms with Gasteiger partial charge in [0.15, 0.2) is 0 Å². The molecule has 1 aliphatic rings. The lowest BCUT2D eigenvalue weighted by Gasteiger charge is -2.15. The van der Waals surface area contributed by atoms with Crippen LogP contribution in [0.5, 0.6) is 0 Å². The Hall–Kier alpha value is -4.35. The number of halogens is 3. The lowest BCUT2D eigenvalue weighted by Crippen LogP contribution is -2.32. The number of nitrogens with one attached hydrogen (secondary N) is 1. The first-order valence-corrected chi connectivity index (χ1v) is 9.37. The van der Waals surface area contributed by atoms with Gasteiger partial charge in [0.2, 0.25) is 6.10 Å². The van der Waals surface area contributed by atoms with E-state index in [1.807, 2.05) is 0 Å². The summed E-state index contributed by atoms with van der Waals surface area (Å²) in [6.45, 7) is -0.300. The van der Waals surface area contributed by atoms with Crippen molar-refractivity contribution in [1.82, 2.24) is 4.98 Å². The fraction of sp³-hybridized carbons (Fsp3) is 0.143. The van der Waals surface area contributed by atoms with Gasteiger partial charge in [0.25, 0.3) is 5.56 Å². The number of aromatic amines is 1. The van der Waals surface area contributed by atoms with Crippen molar-refractivity contribution >= 4 is 34.6 Å². The molecule has 0 spiro atoms. The van der Waals surface area contributed by atoms with E-state index in [1.165, 1.54) is 42.5 Å². The van der Waals surface area contributed by atoms with E-state index in [0.717, 1.165) is 11.0 Å². The Balaban J connectivity index is 1.69. The molecule has 12 heteroatoms. The number of carbonyl (C=O) groups excluding carboxylic acids is 3.